The van der Waals surface area contributed by atoms with E-state index in [1.807, 2.05) is 6.07 Å². The number of hydrogen-bond acceptors (Lipinski definition) is 3. The first kappa shape index (κ1) is 30.6. The smallest absolute Gasteiger partial charge is 0.165 e. The zero-order valence-electron chi connectivity index (χ0n) is 23.8. The number of fused-ring (bicyclic) bond motifs is 1. The van der Waals surface area contributed by atoms with E-state index >= 15 is 0 Å². The molecule has 1 unspecified atom stereocenters. The molecule has 0 amide bonds. The van der Waals surface area contributed by atoms with Crippen molar-refractivity contribution >= 4 is 16.7 Å². The summed E-state index contributed by atoms with van der Waals surface area (Å²) in [6.45, 7) is 6.51. The van der Waals surface area contributed by atoms with Crippen LogP contribution in [-0.4, -0.2) is 41.8 Å². The van der Waals surface area contributed by atoms with Crippen LogP contribution in [0.2, 0.25) is 0 Å². The summed E-state index contributed by atoms with van der Waals surface area (Å²) < 4.78 is 0. The third kappa shape index (κ3) is 10.8. The largest absolute Gasteiger partial charge is 0.358 e. The van der Waals surface area contributed by atoms with E-state index in [1.165, 1.54) is 77.2 Å². The lowest BCUT2D eigenvalue weighted by atomic mass is 9.97. The second-order valence-electron chi connectivity index (χ2n) is 10.8. The van der Waals surface area contributed by atoms with Gasteiger partial charge in [-0.05, 0) is 71.1 Å². The van der Waals surface area contributed by atoms with Crippen molar-refractivity contribution in [2.24, 2.45) is 5.73 Å². The molecule has 0 fully saturated rings. The van der Waals surface area contributed by atoms with Crippen LogP contribution in [-0.2, 0) is 6.42 Å². The molecule has 0 saturated heterocycles. The number of rotatable bonds is 22. The van der Waals surface area contributed by atoms with Gasteiger partial charge in [-0.1, -0.05) is 89.8 Å². The fourth-order valence-corrected chi connectivity index (χ4v) is 5.55. The number of H-pyrrole nitrogens is 1. The Morgan fingerprint density at radius 2 is 1.56 bits per heavy atom. The van der Waals surface area contributed by atoms with Crippen LogP contribution in [0.15, 0.2) is 24.3 Å². The maximum atomic E-state index is 13.5. The maximum Gasteiger partial charge on any atom is 0.165 e. The van der Waals surface area contributed by atoms with Crippen LogP contribution in [0.1, 0.15) is 133 Å². The van der Waals surface area contributed by atoms with Crippen LogP contribution >= 0.6 is 0 Å². The predicted molar refractivity (Wildman–Crippen MR) is 157 cm³/mol. The number of nitrogens with one attached hydrogen (secondary N) is 1. The average molecular weight is 498 g/mol. The number of nitrogens with zero attached hydrogens (tertiary/aromatic N) is 1. The Kier molecular flexibility index (Phi) is 15.8. The molecule has 36 heavy (non-hydrogen) atoms. The third-order valence-electron chi connectivity index (χ3n) is 7.74. The molecule has 204 valence electrons. The SMILES string of the molecule is CCCCCCCCCN(C)C(CCC)CCCC(=O)c1c(CCCCCCN)[nH]c2ccccc12. The zero-order valence-corrected chi connectivity index (χ0v) is 23.8. The molecule has 0 spiro atoms. The predicted octanol–water partition coefficient (Wildman–Crippen LogP) is 8.43. The Bertz CT molecular complexity index is 843. The number of Topliss-reactive ketones (excluding diaryl/α,β-unsaturated/α-hetero) is 1. The molecule has 0 aliphatic carbocycles. The number of unbranched alkanes of at least 4 members (excludes halogenated alkanes) is 9. The number of carbonyl (C=O) groups is 1. The van der Waals surface area contributed by atoms with Gasteiger partial charge in [0.2, 0.25) is 0 Å². The second-order valence-corrected chi connectivity index (χ2v) is 10.8. The topological polar surface area (TPSA) is 62.1 Å². The molecule has 2 rings (SSSR count). The van der Waals surface area contributed by atoms with Crippen molar-refractivity contribution in [2.45, 2.75) is 129 Å². The molecule has 1 heterocycles. The van der Waals surface area contributed by atoms with Gasteiger partial charge >= 0.3 is 0 Å². The Hall–Kier alpha value is -1.65. The number of carbonyl (C=O) groups excluding carboxylic acids is 1. The number of nitrogens with two attached hydrogens (primary N) is 1. The van der Waals surface area contributed by atoms with E-state index in [0.29, 0.717) is 18.2 Å². The zero-order chi connectivity index (χ0) is 26.0. The molecule has 1 aromatic heterocycles. The van der Waals surface area contributed by atoms with Gasteiger partial charge in [-0.3, -0.25) is 4.79 Å². The Balaban J connectivity index is 1.86. The first-order valence-corrected chi connectivity index (χ1v) is 15.1. The highest BCUT2D eigenvalue weighted by Gasteiger charge is 2.19. The third-order valence-corrected chi connectivity index (χ3v) is 7.74. The minimum Gasteiger partial charge on any atom is -0.358 e. The van der Waals surface area contributed by atoms with Crippen molar-refractivity contribution < 1.29 is 4.79 Å². The molecule has 2 aromatic rings. The van der Waals surface area contributed by atoms with Gasteiger partial charge in [-0.25, -0.2) is 0 Å². The molecule has 1 atom stereocenters. The molecule has 1 aromatic carbocycles. The molecule has 4 heteroatoms. The van der Waals surface area contributed by atoms with Gasteiger partial charge in [0.1, 0.15) is 0 Å². The van der Waals surface area contributed by atoms with Gasteiger partial charge in [-0.15, -0.1) is 0 Å². The molecule has 0 aliphatic heterocycles. The first-order valence-electron chi connectivity index (χ1n) is 15.1. The van der Waals surface area contributed by atoms with Crippen LogP contribution in [0, 0.1) is 0 Å². The van der Waals surface area contributed by atoms with Crippen molar-refractivity contribution in [3.8, 4) is 0 Å². The lowest BCUT2D eigenvalue weighted by molar-refractivity contribution is 0.0975. The number of aromatic amines is 1. The molecule has 0 bridgehead atoms. The fourth-order valence-electron chi connectivity index (χ4n) is 5.55. The second kappa shape index (κ2) is 18.6. The Morgan fingerprint density at radius 3 is 2.31 bits per heavy atom. The lowest BCUT2D eigenvalue weighted by Crippen LogP contribution is -2.32. The molecule has 0 radical (unpaired) electrons. The van der Waals surface area contributed by atoms with Crippen molar-refractivity contribution in [1.82, 2.24) is 9.88 Å². The normalized spacial score (nSPS) is 12.6. The van der Waals surface area contributed by atoms with E-state index in [-0.39, 0.29) is 0 Å². The molecule has 0 aliphatic rings. The summed E-state index contributed by atoms with van der Waals surface area (Å²) >= 11 is 0. The molecular weight excluding hydrogens is 442 g/mol. The summed E-state index contributed by atoms with van der Waals surface area (Å²) in [6, 6.07) is 8.89. The van der Waals surface area contributed by atoms with Crippen molar-refractivity contribution in [2.75, 3.05) is 20.1 Å². The van der Waals surface area contributed by atoms with Crippen LogP contribution in [0.5, 0.6) is 0 Å². The van der Waals surface area contributed by atoms with E-state index in [1.54, 1.807) is 0 Å². The molecule has 4 nitrogen and oxygen atoms in total. The van der Waals surface area contributed by atoms with Gasteiger partial charge in [0.05, 0.1) is 0 Å². The van der Waals surface area contributed by atoms with E-state index in [0.717, 1.165) is 60.8 Å². The number of aromatic nitrogens is 1. The minimum atomic E-state index is 0.314. The highest BCUT2D eigenvalue weighted by Crippen LogP contribution is 2.26. The van der Waals surface area contributed by atoms with E-state index in [9.17, 15) is 4.79 Å². The van der Waals surface area contributed by atoms with Gasteiger partial charge in [0.25, 0.3) is 0 Å². The summed E-state index contributed by atoms with van der Waals surface area (Å²) in [6.07, 6.45) is 20.2. The average Bonchev–Trinajstić information content (AvgIpc) is 3.25. The number of benzene rings is 1. The van der Waals surface area contributed by atoms with Crippen LogP contribution in [0.25, 0.3) is 10.9 Å². The quantitative estimate of drug-likeness (QED) is 0.127. The Morgan fingerprint density at radius 1 is 0.861 bits per heavy atom. The summed E-state index contributed by atoms with van der Waals surface area (Å²) in [7, 11) is 2.29. The summed E-state index contributed by atoms with van der Waals surface area (Å²) in [5.41, 5.74) is 8.82. The van der Waals surface area contributed by atoms with E-state index in [4.69, 9.17) is 5.73 Å². The molecule has 3 N–H and O–H groups in total. The van der Waals surface area contributed by atoms with Crippen LogP contribution < -0.4 is 5.73 Å². The van der Waals surface area contributed by atoms with Gasteiger partial charge in [0.15, 0.2) is 5.78 Å². The minimum absolute atomic E-state index is 0.314. The van der Waals surface area contributed by atoms with Crippen LogP contribution in [0.3, 0.4) is 0 Å². The first-order chi connectivity index (χ1) is 17.6. The van der Waals surface area contributed by atoms with Crippen molar-refractivity contribution in [3.63, 3.8) is 0 Å². The summed E-state index contributed by atoms with van der Waals surface area (Å²) in [5, 5.41) is 1.10. The number of hydrogen-bond donors (Lipinski definition) is 2. The molecule has 0 saturated carbocycles. The summed E-state index contributed by atoms with van der Waals surface area (Å²) in [5.74, 6) is 0.314. The van der Waals surface area contributed by atoms with Gasteiger partial charge in [-0.2, -0.15) is 0 Å². The Labute approximate surface area is 221 Å². The highest BCUT2D eigenvalue weighted by atomic mass is 16.1. The van der Waals surface area contributed by atoms with E-state index in [2.05, 4.69) is 49.0 Å². The van der Waals surface area contributed by atoms with Crippen molar-refractivity contribution in [1.29, 1.82) is 0 Å². The van der Waals surface area contributed by atoms with Gasteiger partial charge in [0, 0.05) is 34.6 Å². The van der Waals surface area contributed by atoms with E-state index < -0.39 is 0 Å². The van der Waals surface area contributed by atoms with Crippen molar-refractivity contribution in [3.05, 3.63) is 35.5 Å². The van der Waals surface area contributed by atoms with Gasteiger partial charge < -0.3 is 15.6 Å². The lowest BCUT2D eigenvalue weighted by Gasteiger charge is -2.28. The standard InChI is InChI=1S/C32H55N3O/c1-4-6-7-8-9-12-17-26-35(3)27(19-5-2)20-18-24-31(36)32-28-21-14-15-22-29(28)34-30(32)23-13-10-11-16-25-33/h14-15,21-22,27,34H,4-13,16-20,23-26,33H2,1-3H3. The molecular formula is C32H55N3O. The monoisotopic (exact) mass is 497 g/mol. The number of para-hydroxylation sites is 1. The number of ketones is 1. The number of aryl methyl sites for hydroxylation is 1. The fraction of sp³-hybridized carbons (Fsp3) is 0.719. The highest BCUT2D eigenvalue weighted by molar-refractivity contribution is 6.09. The summed E-state index contributed by atoms with van der Waals surface area (Å²) in [4.78, 5) is 19.6. The van der Waals surface area contributed by atoms with Crippen LogP contribution in [0.4, 0.5) is 0 Å². The maximum absolute atomic E-state index is 13.5.